The lowest BCUT2D eigenvalue weighted by Crippen LogP contribution is -2.06. The zero-order valence-corrected chi connectivity index (χ0v) is 6.14. The van der Waals surface area contributed by atoms with E-state index >= 15 is 0 Å². The van der Waals surface area contributed by atoms with Crippen LogP contribution in [0.25, 0.3) is 0 Å². The molecule has 0 saturated heterocycles. The summed E-state index contributed by atoms with van der Waals surface area (Å²) in [4.78, 5) is 0. The van der Waals surface area contributed by atoms with Gasteiger partial charge in [0.1, 0.15) is 6.20 Å². The van der Waals surface area contributed by atoms with Gasteiger partial charge < -0.3 is 4.74 Å². The van der Waals surface area contributed by atoms with Crippen LogP contribution in [0.15, 0.2) is 0 Å². The molecule has 0 aliphatic rings. The molecule has 1 aromatic heterocycles. The van der Waals surface area contributed by atoms with Gasteiger partial charge in [-0.05, 0) is 6.92 Å². The Kier molecular flexibility index (Phi) is 2.07. The van der Waals surface area contributed by atoms with Gasteiger partial charge in [0.25, 0.3) is 0 Å². The number of hydrogen-bond acceptors (Lipinski definition) is 2. The van der Waals surface area contributed by atoms with E-state index in [4.69, 9.17) is 0 Å². The Balaban J connectivity index is 2.83. The molecule has 0 amide bonds. The average Bonchev–Trinajstić information content (AvgIpc) is 2.18. The summed E-state index contributed by atoms with van der Waals surface area (Å²) < 4.78 is 28.7. The van der Waals surface area contributed by atoms with Crippen LogP contribution < -0.4 is 4.74 Å². The Morgan fingerprint density at radius 1 is 1.64 bits per heavy atom. The highest BCUT2D eigenvalue weighted by Crippen LogP contribution is 2.16. The van der Waals surface area contributed by atoms with Crippen molar-refractivity contribution in [1.29, 1.82) is 0 Å². The lowest BCUT2D eigenvalue weighted by molar-refractivity contribution is -0.0557. The second-order valence-electron chi connectivity index (χ2n) is 2.04. The Hall–Kier alpha value is -1.13. The quantitative estimate of drug-likeness (QED) is 0.650. The molecule has 1 rings (SSSR count). The third-order valence-corrected chi connectivity index (χ3v) is 1.18. The summed E-state index contributed by atoms with van der Waals surface area (Å²) in [5, 5.41) is 3.60. The van der Waals surface area contributed by atoms with Gasteiger partial charge in [0.2, 0.25) is 5.88 Å². The van der Waals surface area contributed by atoms with Crippen molar-refractivity contribution >= 4 is 0 Å². The van der Waals surface area contributed by atoms with Crippen LogP contribution in [0.2, 0.25) is 0 Å². The number of aryl methyl sites for hydroxylation is 2. The minimum absolute atomic E-state index is 0.0556. The van der Waals surface area contributed by atoms with E-state index in [2.05, 4.69) is 16.0 Å². The minimum atomic E-state index is -2.81. The van der Waals surface area contributed by atoms with E-state index in [1.165, 1.54) is 11.7 Å². The molecular formula is C6H7F2N2O. The van der Waals surface area contributed by atoms with Gasteiger partial charge in [0.15, 0.2) is 0 Å². The Morgan fingerprint density at radius 3 is 2.64 bits per heavy atom. The lowest BCUT2D eigenvalue weighted by Gasteiger charge is -2.04. The van der Waals surface area contributed by atoms with E-state index < -0.39 is 6.61 Å². The second kappa shape index (κ2) is 2.86. The van der Waals surface area contributed by atoms with Gasteiger partial charge in [0, 0.05) is 12.6 Å². The van der Waals surface area contributed by atoms with Crippen molar-refractivity contribution in [1.82, 2.24) is 9.78 Å². The molecule has 1 heterocycles. The van der Waals surface area contributed by atoms with Crippen LogP contribution in [0.3, 0.4) is 0 Å². The minimum Gasteiger partial charge on any atom is -0.417 e. The van der Waals surface area contributed by atoms with Gasteiger partial charge in [-0.25, -0.2) is 4.68 Å². The highest BCUT2D eigenvalue weighted by atomic mass is 19.3. The zero-order chi connectivity index (χ0) is 8.43. The molecule has 61 valence electrons. The number of aromatic nitrogens is 2. The van der Waals surface area contributed by atoms with Crippen molar-refractivity contribution in [2.24, 2.45) is 7.05 Å². The SMILES string of the molecule is Cc1[c]nn(C)c1OC(F)F. The molecule has 11 heavy (non-hydrogen) atoms. The summed E-state index contributed by atoms with van der Waals surface area (Å²) in [5.41, 5.74) is 0.479. The fraction of sp³-hybridized carbons (Fsp3) is 0.500. The maximum Gasteiger partial charge on any atom is 0.388 e. The summed E-state index contributed by atoms with van der Waals surface area (Å²) in [5.74, 6) is 0.0556. The maximum atomic E-state index is 11.7. The number of nitrogens with zero attached hydrogens (tertiary/aromatic N) is 2. The highest BCUT2D eigenvalue weighted by Gasteiger charge is 2.11. The van der Waals surface area contributed by atoms with E-state index in [9.17, 15) is 8.78 Å². The third kappa shape index (κ3) is 1.66. The first-order valence-corrected chi connectivity index (χ1v) is 2.97. The summed E-state index contributed by atoms with van der Waals surface area (Å²) in [7, 11) is 1.52. The molecule has 3 nitrogen and oxygen atoms in total. The predicted octanol–water partition coefficient (Wildman–Crippen LogP) is 1.13. The average molecular weight is 161 g/mol. The smallest absolute Gasteiger partial charge is 0.388 e. The van der Waals surface area contributed by atoms with Crippen LogP contribution >= 0.6 is 0 Å². The van der Waals surface area contributed by atoms with Gasteiger partial charge in [-0.15, -0.1) is 0 Å². The van der Waals surface area contributed by atoms with Crippen molar-refractivity contribution in [3.05, 3.63) is 11.8 Å². The first kappa shape index (κ1) is 7.97. The van der Waals surface area contributed by atoms with Crippen LogP contribution in [0.5, 0.6) is 5.88 Å². The van der Waals surface area contributed by atoms with Crippen molar-refractivity contribution in [2.45, 2.75) is 13.5 Å². The number of rotatable bonds is 2. The van der Waals surface area contributed by atoms with E-state index in [0.717, 1.165) is 0 Å². The lowest BCUT2D eigenvalue weighted by atomic mass is 10.4. The van der Waals surface area contributed by atoms with Crippen LogP contribution in [0.4, 0.5) is 8.78 Å². The monoisotopic (exact) mass is 161 g/mol. The molecule has 0 N–H and O–H groups in total. The topological polar surface area (TPSA) is 27.1 Å². The van der Waals surface area contributed by atoms with Crippen molar-refractivity contribution in [2.75, 3.05) is 0 Å². The molecule has 1 aromatic rings. The second-order valence-corrected chi connectivity index (χ2v) is 2.04. The molecule has 0 aromatic carbocycles. The first-order chi connectivity index (χ1) is 5.11. The number of hydrogen-bond donors (Lipinski definition) is 0. The third-order valence-electron chi connectivity index (χ3n) is 1.18. The van der Waals surface area contributed by atoms with Gasteiger partial charge in [-0.2, -0.15) is 13.9 Å². The Bertz CT molecular complexity index is 227. The molecule has 0 aliphatic carbocycles. The fourth-order valence-electron chi connectivity index (χ4n) is 0.735. The van der Waals surface area contributed by atoms with E-state index in [1.807, 2.05) is 0 Å². The van der Waals surface area contributed by atoms with Crippen LogP contribution in [0, 0.1) is 13.1 Å². The van der Waals surface area contributed by atoms with Crippen LogP contribution in [-0.4, -0.2) is 16.4 Å². The summed E-state index contributed by atoms with van der Waals surface area (Å²) in [6.07, 6.45) is 2.50. The normalized spacial score (nSPS) is 10.6. The van der Waals surface area contributed by atoms with Gasteiger partial charge >= 0.3 is 6.61 Å². The van der Waals surface area contributed by atoms with Crippen molar-refractivity contribution in [3.8, 4) is 5.88 Å². The molecule has 5 heteroatoms. The van der Waals surface area contributed by atoms with Crippen molar-refractivity contribution in [3.63, 3.8) is 0 Å². The van der Waals surface area contributed by atoms with E-state index in [1.54, 1.807) is 6.92 Å². The van der Waals surface area contributed by atoms with E-state index in [0.29, 0.717) is 5.56 Å². The fourth-order valence-corrected chi connectivity index (χ4v) is 0.735. The van der Waals surface area contributed by atoms with Gasteiger partial charge in [-0.3, -0.25) is 0 Å². The van der Waals surface area contributed by atoms with Crippen LogP contribution in [0.1, 0.15) is 5.56 Å². The first-order valence-electron chi connectivity index (χ1n) is 2.97. The van der Waals surface area contributed by atoms with Gasteiger partial charge in [0.05, 0.1) is 0 Å². The summed E-state index contributed by atoms with van der Waals surface area (Å²) in [6.45, 7) is -1.21. The zero-order valence-electron chi connectivity index (χ0n) is 6.14. The molecule has 0 bridgehead atoms. The number of halogens is 2. The predicted molar refractivity (Wildman–Crippen MR) is 33.4 cm³/mol. The number of alkyl halides is 2. The Morgan fingerprint density at radius 2 is 2.27 bits per heavy atom. The largest absolute Gasteiger partial charge is 0.417 e. The maximum absolute atomic E-state index is 11.7. The van der Waals surface area contributed by atoms with E-state index in [-0.39, 0.29) is 5.88 Å². The highest BCUT2D eigenvalue weighted by molar-refractivity contribution is 5.20. The molecule has 0 fully saturated rings. The summed E-state index contributed by atoms with van der Waals surface area (Å²) in [6, 6.07) is 0. The Labute approximate surface area is 62.6 Å². The molecule has 0 atom stereocenters. The molecular weight excluding hydrogens is 154 g/mol. The molecule has 0 aliphatic heterocycles. The number of ether oxygens (including phenoxy) is 1. The summed E-state index contributed by atoms with van der Waals surface area (Å²) >= 11 is 0. The molecule has 0 saturated carbocycles. The van der Waals surface area contributed by atoms with Crippen molar-refractivity contribution < 1.29 is 13.5 Å². The molecule has 0 unspecified atom stereocenters. The molecule has 1 radical (unpaired) electrons. The molecule has 0 spiro atoms. The standard InChI is InChI=1S/C6H7F2N2O/c1-4-3-9-10(2)5(4)11-6(7)8/h6H,1-2H3. The van der Waals surface area contributed by atoms with Gasteiger partial charge in [-0.1, -0.05) is 0 Å². The van der Waals surface area contributed by atoms with Crippen LogP contribution in [-0.2, 0) is 7.05 Å².